The van der Waals surface area contributed by atoms with E-state index >= 15 is 0 Å². The number of quaternary nitrogens is 2. The average molecular weight is 364 g/mol. The van der Waals surface area contributed by atoms with Crippen molar-refractivity contribution in [3.8, 4) is 0 Å². The third-order valence-corrected chi connectivity index (χ3v) is 6.71. The summed E-state index contributed by atoms with van der Waals surface area (Å²) in [7, 11) is 0. The Labute approximate surface area is 151 Å². The smallest absolute Gasteiger partial charge is 0.264 e. The molecule has 2 aliphatic heterocycles. The van der Waals surface area contributed by atoms with Crippen LogP contribution in [0.5, 0.6) is 0 Å². The standard InChI is InChI=1S/C19H24FN3OS/c20-16-4-3-5-17-15(16)14-18(25-17)19(24)23-12-10-22(11-13-23)9-8-21-6-1-2-7-21/h3-5,14H,1-2,6-13H2/p+2. The maximum atomic E-state index is 13.8. The minimum atomic E-state index is -0.244. The molecule has 2 fully saturated rings. The molecule has 1 aromatic carbocycles. The second-order valence-electron chi connectivity index (χ2n) is 7.26. The molecule has 0 atom stereocenters. The van der Waals surface area contributed by atoms with Crippen LogP contribution in [0.25, 0.3) is 10.1 Å². The highest BCUT2D eigenvalue weighted by atomic mass is 32.1. The maximum Gasteiger partial charge on any atom is 0.264 e. The van der Waals surface area contributed by atoms with Gasteiger partial charge in [-0.2, -0.15) is 0 Å². The minimum absolute atomic E-state index is 0.0600. The SMILES string of the molecule is O=C(c1cc2c(F)cccc2s1)N1CC[NH+](CC[NH+]2CCCC2)CC1. The van der Waals surface area contributed by atoms with Gasteiger partial charge in [0.2, 0.25) is 0 Å². The Balaban J connectivity index is 1.33. The molecular formula is C19H26FN3OS+2. The van der Waals surface area contributed by atoms with E-state index in [-0.39, 0.29) is 11.7 Å². The lowest BCUT2D eigenvalue weighted by Crippen LogP contribution is -3.21. The molecule has 2 aliphatic rings. The Kier molecular flexibility index (Phi) is 5.01. The van der Waals surface area contributed by atoms with E-state index < -0.39 is 0 Å². The first-order valence-electron chi connectivity index (χ1n) is 9.35. The van der Waals surface area contributed by atoms with Crippen LogP contribution in [0.3, 0.4) is 0 Å². The third-order valence-electron chi connectivity index (χ3n) is 5.62. The predicted octanol–water partition coefficient (Wildman–Crippen LogP) is 0.0598. The lowest BCUT2D eigenvalue weighted by Gasteiger charge is -2.32. The summed E-state index contributed by atoms with van der Waals surface area (Å²) in [5.74, 6) is -0.184. The van der Waals surface area contributed by atoms with Crippen molar-refractivity contribution in [2.45, 2.75) is 12.8 Å². The fourth-order valence-corrected chi connectivity index (χ4v) is 5.08. The van der Waals surface area contributed by atoms with Crippen LogP contribution >= 0.6 is 11.3 Å². The Morgan fingerprint density at radius 3 is 2.44 bits per heavy atom. The van der Waals surface area contributed by atoms with E-state index in [1.54, 1.807) is 21.9 Å². The highest BCUT2D eigenvalue weighted by molar-refractivity contribution is 7.20. The van der Waals surface area contributed by atoms with Gasteiger partial charge in [-0.25, -0.2) is 4.39 Å². The van der Waals surface area contributed by atoms with Crippen molar-refractivity contribution >= 4 is 27.3 Å². The van der Waals surface area contributed by atoms with Crippen LogP contribution in [0.1, 0.15) is 22.5 Å². The van der Waals surface area contributed by atoms with Gasteiger partial charge in [-0.05, 0) is 18.2 Å². The predicted molar refractivity (Wildman–Crippen MR) is 98.0 cm³/mol. The first-order chi connectivity index (χ1) is 12.2. The largest absolute Gasteiger partial charge is 0.330 e. The van der Waals surface area contributed by atoms with Crippen LogP contribution in [-0.4, -0.2) is 63.2 Å². The molecule has 0 bridgehead atoms. The number of piperazine rings is 1. The summed E-state index contributed by atoms with van der Waals surface area (Å²) in [6, 6.07) is 6.75. The molecule has 1 aromatic heterocycles. The molecule has 0 aliphatic carbocycles. The molecule has 2 saturated heterocycles. The molecule has 25 heavy (non-hydrogen) atoms. The van der Waals surface area contributed by atoms with Gasteiger partial charge in [0.1, 0.15) is 18.9 Å². The number of carbonyl (C=O) groups is 1. The zero-order chi connectivity index (χ0) is 17.2. The van der Waals surface area contributed by atoms with Crippen LogP contribution in [0.4, 0.5) is 4.39 Å². The number of halogens is 1. The van der Waals surface area contributed by atoms with Gasteiger partial charge in [-0.3, -0.25) is 4.79 Å². The molecule has 1 amide bonds. The number of rotatable bonds is 4. The second-order valence-corrected chi connectivity index (χ2v) is 8.35. The number of hydrogen-bond donors (Lipinski definition) is 2. The van der Waals surface area contributed by atoms with E-state index in [1.807, 2.05) is 11.0 Å². The van der Waals surface area contributed by atoms with Crippen LogP contribution in [0.2, 0.25) is 0 Å². The molecule has 4 nitrogen and oxygen atoms in total. The van der Waals surface area contributed by atoms with E-state index in [9.17, 15) is 9.18 Å². The summed E-state index contributed by atoms with van der Waals surface area (Å²) >= 11 is 1.40. The molecule has 2 aromatic rings. The van der Waals surface area contributed by atoms with Crippen molar-refractivity contribution in [2.24, 2.45) is 0 Å². The number of fused-ring (bicyclic) bond motifs is 1. The summed E-state index contributed by atoms with van der Waals surface area (Å²) in [4.78, 5) is 18.7. The monoisotopic (exact) mass is 363 g/mol. The van der Waals surface area contributed by atoms with E-state index in [1.165, 1.54) is 56.4 Å². The van der Waals surface area contributed by atoms with E-state index in [2.05, 4.69) is 0 Å². The van der Waals surface area contributed by atoms with Crippen molar-refractivity contribution < 1.29 is 19.0 Å². The highest BCUT2D eigenvalue weighted by Gasteiger charge is 2.27. The van der Waals surface area contributed by atoms with Gasteiger partial charge in [0, 0.05) is 22.9 Å². The molecule has 134 valence electrons. The average Bonchev–Trinajstić information content (AvgIpc) is 3.30. The Hall–Kier alpha value is -1.50. The summed E-state index contributed by atoms with van der Waals surface area (Å²) in [6.45, 7) is 8.81. The number of nitrogens with zero attached hydrogens (tertiary/aromatic N) is 1. The van der Waals surface area contributed by atoms with Crippen molar-refractivity contribution in [3.05, 3.63) is 35.0 Å². The van der Waals surface area contributed by atoms with Gasteiger partial charge < -0.3 is 14.7 Å². The van der Waals surface area contributed by atoms with Gasteiger partial charge in [0.15, 0.2) is 0 Å². The van der Waals surface area contributed by atoms with Crippen molar-refractivity contribution in [2.75, 3.05) is 52.4 Å². The number of carbonyl (C=O) groups excluding carboxylic acids is 1. The van der Waals surface area contributed by atoms with E-state index in [0.29, 0.717) is 10.3 Å². The number of thiophene rings is 1. The third kappa shape index (κ3) is 3.71. The van der Waals surface area contributed by atoms with E-state index in [0.717, 1.165) is 30.9 Å². The molecule has 0 spiro atoms. The highest BCUT2D eigenvalue weighted by Crippen LogP contribution is 2.28. The molecular weight excluding hydrogens is 337 g/mol. The van der Waals surface area contributed by atoms with Gasteiger partial charge >= 0.3 is 0 Å². The fraction of sp³-hybridized carbons (Fsp3) is 0.526. The summed E-state index contributed by atoms with van der Waals surface area (Å²) in [5.41, 5.74) is 0. The van der Waals surface area contributed by atoms with Gasteiger partial charge in [-0.15, -0.1) is 11.3 Å². The van der Waals surface area contributed by atoms with Gasteiger partial charge in [-0.1, -0.05) is 6.07 Å². The van der Waals surface area contributed by atoms with Crippen LogP contribution in [0, 0.1) is 5.82 Å². The number of nitrogens with one attached hydrogen (secondary N) is 2. The Morgan fingerprint density at radius 1 is 1.08 bits per heavy atom. The second kappa shape index (κ2) is 7.40. The lowest BCUT2D eigenvalue weighted by molar-refractivity contribution is -0.954. The molecule has 3 heterocycles. The fourth-order valence-electron chi connectivity index (χ4n) is 4.04. The number of likely N-dealkylation sites (tertiary alicyclic amines) is 1. The summed E-state index contributed by atoms with van der Waals surface area (Å²) < 4.78 is 14.7. The normalized spacial score (nSPS) is 19.8. The Bertz CT molecular complexity index is 748. The molecule has 6 heteroatoms. The molecule has 0 unspecified atom stereocenters. The molecule has 0 saturated carbocycles. The number of amides is 1. The maximum absolute atomic E-state index is 13.8. The van der Waals surface area contributed by atoms with Crippen LogP contribution in [-0.2, 0) is 0 Å². The van der Waals surface area contributed by atoms with Crippen LogP contribution < -0.4 is 9.80 Å². The lowest BCUT2D eigenvalue weighted by atomic mass is 10.2. The van der Waals surface area contributed by atoms with Crippen molar-refractivity contribution in [1.29, 1.82) is 0 Å². The van der Waals surface area contributed by atoms with Gasteiger partial charge in [0.25, 0.3) is 5.91 Å². The first kappa shape index (κ1) is 16.9. The summed E-state index contributed by atoms with van der Waals surface area (Å²) in [5, 5.41) is 0.564. The minimum Gasteiger partial charge on any atom is -0.330 e. The molecule has 4 rings (SSSR count). The quantitative estimate of drug-likeness (QED) is 0.790. The first-order valence-corrected chi connectivity index (χ1v) is 10.2. The van der Waals surface area contributed by atoms with Gasteiger partial charge in [0.05, 0.1) is 44.1 Å². The molecule has 0 radical (unpaired) electrons. The summed E-state index contributed by atoms with van der Waals surface area (Å²) in [6.07, 6.45) is 2.76. The topological polar surface area (TPSA) is 29.2 Å². The zero-order valence-electron chi connectivity index (χ0n) is 14.5. The van der Waals surface area contributed by atoms with Crippen molar-refractivity contribution in [1.82, 2.24) is 4.90 Å². The molecule has 2 N–H and O–H groups in total. The Morgan fingerprint density at radius 2 is 1.76 bits per heavy atom. The number of benzene rings is 1. The van der Waals surface area contributed by atoms with Crippen molar-refractivity contribution in [3.63, 3.8) is 0 Å². The zero-order valence-corrected chi connectivity index (χ0v) is 15.3. The number of hydrogen-bond acceptors (Lipinski definition) is 2. The van der Waals surface area contributed by atoms with E-state index in [4.69, 9.17) is 0 Å². The van der Waals surface area contributed by atoms with Crippen LogP contribution in [0.15, 0.2) is 24.3 Å².